The number of rotatable bonds is 8. The molecular weight excluding hydrogens is 432 g/mol. The van der Waals surface area contributed by atoms with Crippen molar-refractivity contribution in [2.45, 2.75) is 57.5 Å². The second-order valence-corrected chi connectivity index (χ2v) is 9.39. The predicted octanol–water partition coefficient (Wildman–Crippen LogP) is 4.31. The van der Waals surface area contributed by atoms with Crippen molar-refractivity contribution in [3.63, 3.8) is 0 Å². The molecule has 2 aromatic carbocycles. The first-order valence-corrected chi connectivity index (χ1v) is 12.0. The highest BCUT2D eigenvalue weighted by Crippen LogP contribution is 2.44. The van der Waals surface area contributed by atoms with Crippen LogP contribution >= 0.6 is 0 Å². The third-order valence-corrected chi connectivity index (χ3v) is 7.24. The number of aliphatic carboxylic acids is 1. The third-order valence-electron chi connectivity index (χ3n) is 7.24. The smallest absolute Gasteiger partial charge is 0.407 e. The predicted molar refractivity (Wildman–Crippen MR) is 128 cm³/mol. The second kappa shape index (κ2) is 10.3. The van der Waals surface area contributed by atoms with E-state index in [9.17, 15) is 19.5 Å². The maximum atomic E-state index is 13.0. The Morgan fingerprint density at radius 3 is 2.21 bits per heavy atom. The van der Waals surface area contributed by atoms with Crippen LogP contribution in [-0.4, -0.2) is 41.8 Å². The molecule has 7 heteroatoms. The lowest BCUT2D eigenvalue weighted by molar-refractivity contribution is -0.141. The second-order valence-electron chi connectivity index (χ2n) is 9.39. The van der Waals surface area contributed by atoms with Crippen molar-refractivity contribution < 1.29 is 24.2 Å². The largest absolute Gasteiger partial charge is 0.481 e. The van der Waals surface area contributed by atoms with E-state index >= 15 is 0 Å². The number of hydrogen-bond donors (Lipinski definition) is 3. The molecule has 1 unspecified atom stereocenters. The number of hydrogen-bond acceptors (Lipinski definition) is 4. The molecule has 1 saturated carbocycles. The van der Waals surface area contributed by atoms with Gasteiger partial charge in [0.25, 0.3) is 0 Å². The maximum absolute atomic E-state index is 13.0. The highest BCUT2D eigenvalue weighted by atomic mass is 16.5. The molecule has 0 saturated heterocycles. The van der Waals surface area contributed by atoms with E-state index in [1.54, 1.807) is 0 Å². The van der Waals surface area contributed by atoms with Crippen LogP contribution in [0.15, 0.2) is 48.5 Å². The SMILES string of the molecule is CCC(C)[C@H](NC(=O)OCC1c2ccccc2-c2ccccc21)C(=O)N[C@@H]1CC[C@H](C(=O)O)C1. The summed E-state index contributed by atoms with van der Waals surface area (Å²) >= 11 is 0. The average Bonchev–Trinajstić information content (AvgIpc) is 3.43. The van der Waals surface area contributed by atoms with Crippen LogP contribution in [0.5, 0.6) is 0 Å². The van der Waals surface area contributed by atoms with Crippen LogP contribution in [-0.2, 0) is 14.3 Å². The summed E-state index contributed by atoms with van der Waals surface area (Å²) in [5.41, 5.74) is 4.56. The van der Waals surface area contributed by atoms with Crippen LogP contribution in [0.3, 0.4) is 0 Å². The molecule has 0 aromatic heterocycles. The molecule has 3 N–H and O–H groups in total. The van der Waals surface area contributed by atoms with Gasteiger partial charge in [-0.25, -0.2) is 4.79 Å². The number of alkyl carbamates (subject to hydrolysis) is 1. The molecule has 2 aliphatic carbocycles. The summed E-state index contributed by atoms with van der Waals surface area (Å²) in [7, 11) is 0. The molecule has 180 valence electrons. The fourth-order valence-electron chi connectivity index (χ4n) is 5.10. The number of nitrogens with one attached hydrogen (secondary N) is 2. The molecular formula is C27H32N2O5. The van der Waals surface area contributed by atoms with Crippen LogP contribution in [0.1, 0.15) is 56.6 Å². The average molecular weight is 465 g/mol. The maximum Gasteiger partial charge on any atom is 0.407 e. The van der Waals surface area contributed by atoms with Crippen LogP contribution in [0, 0.1) is 11.8 Å². The summed E-state index contributed by atoms with van der Waals surface area (Å²) in [5, 5.41) is 14.9. The number of ether oxygens (including phenoxy) is 1. The summed E-state index contributed by atoms with van der Waals surface area (Å²) in [4.78, 5) is 36.9. The fraction of sp³-hybridized carbons (Fsp3) is 0.444. The van der Waals surface area contributed by atoms with Gasteiger partial charge in [0.05, 0.1) is 5.92 Å². The fourth-order valence-corrected chi connectivity index (χ4v) is 5.10. The van der Waals surface area contributed by atoms with Gasteiger partial charge in [-0.2, -0.15) is 0 Å². The van der Waals surface area contributed by atoms with Gasteiger partial charge in [0.1, 0.15) is 12.6 Å². The molecule has 0 spiro atoms. The molecule has 2 aliphatic rings. The van der Waals surface area contributed by atoms with E-state index in [1.165, 1.54) is 0 Å². The van der Waals surface area contributed by atoms with E-state index in [4.69, 9.17) is 4.74 Å². The Bertz CT molecular complexity index is 1020. The lowest BCUT2D eigenvalue weighted by Gasteiger charge is -2.25. The number of carbonyl (C=O) groups is 3. The molecule has 2 aromatic rings. The van der Waals surface area contributed by atoms with Gasteiger partial charge in [-0.15, -0.1) is 0 Å². The van der Waals surface area contributed by atoms with Crippen molar-refractivity contribution in [1.29, 1.82) is 0 Å². The Morgan fingerprint density at radius 2 is 1.65 bits per heavy atom. The zero-order chi connectivity index (χ0) is 24.2. The van der Waals surface area contributed by atoms with Gasteiger partial charge in [0.2, 0.25) is 5.91 Å². The van der Waals surface area contributed by atoms with E-state index in [0.29, 0.717) is 25.7 Å². The molecule has 4 atom stereocenters. The summed E-state index contributed by atoms with van der Waals surface area (Å²) in [6.45, 7) is 4.04. The van der Waals surface area contributed by atoms with Crippen molar-refractivity contribution in [2.75, 3.05) is 6.61 Å². The summed E-state index contributed by atoms with van der Waals surface area (Å²) in [6.07, 6.45) is 1.66. The van der Waals surface area contributed by atoms with Gasteiger partial charge < -0.3 is 20.5 Å². The van der Waals surface area contributed by atoms with Gasteiger partial charge in [-0.1, -0.05) is 68.8 Å². The van der Waals surface area contributed by atoms with Gasteiger partial charge in [0, 0.05) is 12.0 Å². The van der Waals surface area contributed by atoms with E-state index in [2.05, 4.69) is 34.9 Å². The molecule has 1 fully saturated rings. The Kier molecular flexibility index (Phi) is 7.20. The van der Waals surface area contributed by atoms with E-state index in [1.807, 2.05) is 38.1 Å². The highest BCUT2D eigenvalue weighted by molar-refractivity contribution is 5.86. The third kappa shape index (κ3) is 4.93. The number of fused-ring (bicyclic) bond motifs is 3. The number of carboxylic acid groups (broad SMARTS) is 1. The van der Waals surface area contributed by atoms with E-state index in [0.717, 1.165) is 22.3 Å². The lowest BCUT2D eigenvalue weighted by atomic mass is 9.97. The van der Waals surface area contributed by atoms with Crippen molar-refractivity contribution in [3.05, 3.63) is 59.7 Å². The first kappa shape index (κ1) is 23.8. The minimum atomic E-state index is -0.827. The molecule has 0 aliphatic heterocycles. The lowest BCUT2D eigenvalue weighted by Crippen LogP contribution is -2.52. The van der Waals surface area contributed by atoms with Gasteiger partial charge in [-0.3, -0.25) is 9.59 Å². The van der Waals surface area contributed by atoms with Crippen molar-refractivity contribution in [1.82, 2.24) is 10.6 Å². The van der Waals surface area contributed by atoms with Crippen LogP contribution in [0.2, 0.25) is 0 Å². The van der Waals surface area contributed by atoms with Gasteiger partial charge >= 0.3 is 12.1 Å². The quantitative estimate of drug-likeness (QED) is 0.540. The van der Waals surface area contributed by atoms with Crippen LogP contribution in [0.25, 0.3) is 11.1 Å². The molecule has 4 rings (SSSR count). The molecule has 2 amide bonds. The Hall–Kier alpha value is -3.35. The molecule has 0 radical (unpaired) electrons. The number of benzene rings is 2. The number of carbonyl (C=O) groups excluding carboxylic acids is 2. The summed E-state index contributed by atoms with van der Waals surface area (Å²) in [5.74, 6) is -1.70. The zero-order valence-corrected chi connectivity index (χ0v) is 19.6. The number of carboxylic acids is 1. The van der Waals surface area contributed by atoms with E-state index in [-0.39, 0.29) is 30.4 Å². The first-order chi connectivity index (χ1) is 16.4. The summed E-state index contributed by atoms with van der Waals surface area (Å²) in [6, 6.07) is 15.3. The van der Waals surface area contributed by atoms with Crippen molar-refractivity contribution in [3.8, 4) is 11.1 Å². The minimum Gasteiger partial charge on any atom is -0.481 e. The van der Waals surface area contributed by atoms with Gasteiger partial charge in [-0.05, 0) is 47.4 Å². The topological polar surface area (TPSA) is 105 Å². The highest BCUT2D eigenvalue weighted by Gasteiger charge is 2.34. The van der Waals surface area contributed by atoms with E-state index < -0.39 is 24.0 Å². The van der Waals surface area contributed by atoms with Gasteiger partial charge in [0.15, 0.2) is 0 Å². The molecule has 34 heavy (non-hydrogen) atoms. The van der Waals surface area contributed by atoms with Crippen LogP contribution < -0.4 is 10.6 Å². The Balaban J connectivity index is 1.38. The van der Waals surface area contributed by atoms with Crippen molar-refractivity contribution >= 4 is 18.0 Å². The first-order valence-electron chi connectivity index (χ1n) is 12.0. The minimum absolute atomic E-state index is 0.0551. The standard InChI is InChI=1S/C27H32N2O5/c1-3-16(2)24(25(30)28-18-13-12-17(14-18)26(31)32)29-27(33)34-15-23-21-10-6-4-8-19(21)20-9-5-7-11-22(20)23/h4-11,16-18,23-24H,3,12-15H2,1-2H3,(H,28,30)(H,29,33)(H,31,32)/t16?,17-,18+,24-/m0/s1. The Morgan fingerprint density at radius 1 is 1.03 bits per heavy atom. The molecule has 0 heterocycles. The van der Waals surface area contributed by atoms with Crippen LogP contribution in [0.4, 0.5) is 4.79 Å². The van der Waals surface area contributed by atoms with Crippen molar-refractivity contribution in [2.24, 2.45) is 11.8 Å². The zero-order valence-electron chi connectivity index (χ0n) is 19.6. The Labute approximate surface area is 199 Å². The number of amides is 2. The molecule has 0 bridgehead atoms. The molecule has 7 nitrogen and oxygen atoms in total. The monoisotopic (exact) mass is 464 g/mol. The summed E-state index contributed by atoms with van der Waals surface area (Å²) < 4.78 is 5.63. The normalized spacial score (nSPS) is 20.6.